The van der Waals surface area contributed by atoms with Gasteiger partial charge >= 0.3 is 0 Å². The molecule has 0 saturated heterocycles. The van der Waals surface area contributed by atoms with E-state index in [9.17, 15) is 18.0 Å². The Hall–Kier alpha value is -4.21. The molecule has 4 aromatic carbocycles. The lowest BCUT2D eigenvalue weighted by Crippen LogP contribution is -2.55. The molecule has 4 aromatic rings. The lowest BCUT2D eigenvalue weighted by molar-refractivity contribution is -0.128. The predicted molar refractivity (Wildman–Crippen MR) is 158 cm³/mol. The van der Waals surface area contributed by atoms with Crippen molar-refractivity contribution >= 4 is 44.0 Å². The van der Waals surface area contributed by atoms with E-state index < -0.39 is 28.0 Å². The molecule has 0 fully saturated rings. The van der Waals surface area contributed by atoms with Crippen molar-refractivity contribution < 1.29 is 18.0 Å². The van der Waals surface area contributed by atoms with Gasteiger partial charge < -0.3 is 15.5 Å². The number of hydrogen-bond acceptors (Lipinski definition) is 5. The number of aryl methyl sites for hydroxylation is 1. The fourth-order valence-corrected chi connectivity index (χ4v) is 6.53. The summed E-state index contributed by atoms with van der Waals surface area (Å²) < 4.78 is 29.2. The number of sulfonamides is 1. The second kappa shape index (κ2) is 11.1. The minimum Gasteiger partial charge on any atom is -0.341 e. The topological polar surface area (TPSA) is 98.8 Å². The molecule has 0 radical (unpaired) electrons. The average molecular weight is 557 g/mol. The molecule has 0 saturated carbocycles. The molecule has 0 spiro atoms. The molecule has 0 unspecified atom stereocenters. The van der Waals surface area contributed by atoms with Crippen molar-refractivity contribution in [2.24, 2.45) is 0 Å². The highest BCUT2D eigenvalue weighted by atomic mass is 32.2. The minimum absolute atomic E-state index is 0.101. The number of benzene rings is 4. The van der Waals surface area contributed by atoms with Gasteiger partial charge in [-0.25, -0.2) is 8.42 Å². The van der Waals surface area contributed by atoms with Crippen LogP contribution in [0, 0.1) is 6.92 Å². The number of carbonyl (C=O) groups is 2. The predicted octanol–water partition coefficient (Wildman–Crippen LogP) is 3.98. The maximum absolute atomic E-state index is 14.3. The van der Waals surface area contributed by atoms with Gasteiger partial charge in [-0.15, -0.1) is 0 Å². The van der Waals surface area contributed by atoms with Gasteiger partial charge in [-0.2, -0.15) is 0 Å². The standard InChI is InChI=1S/C31H32N4O4S/c1-21-17-18-23-11-7-8-14-25(23)26(21)19-34-28-15-9-10-16-29(28)35(40(38,39)24-12-5-4-6-13-24)20-27(31(34)37)33-30(36)22(2)32-3/h4-18,22,27,32H,19-20H2,1-3H3,(H,33,36)/t22-,27-/m0/s1. The summed E-state index contributed by atoms with van der Waals surface area (Å²) in [5.41, 5.74) is 2.79. The molecule has 9 heteroatoms. The third-order valence-corrected chi connectivity index (χ3v) is 9.21. The van der Waals surface area contributed by atoms with E-state index >= 15 is 0 Å². The van der Waals surface area contributed by atoms with E-state index in [0.29, 0.717) is 11.4 Å². The Labute approximate surface area is 234 Å². The maximum Gasteiger partial charge on any atom is 0.264 e. The van der Waals surface area contributed by atoms with Crippen LogP contribution >= 0.6 is 0 Å². The van der Waals surface area contributed by atoms with Gasteiger partial charge in [0, 0.05) is 0 Å². The third-order valence-electron chi connectivity index (χ3n) is 7.42. The number of nitrogens with one attached hydrogen (secondary N) is 2. The summed E-state index contributed by atoms with van der Waals surface area (Å²) >= 11 is 0. The molecule has 40 heavy (non-hydrogen) atoms. The molecular formula is C31H32N4O4S. The highest BCUT2D eigenvalue weighted by molar-refractivity contribution is 7.92. The molecule has 2 atom stereocenters. The van der Waals surface area contributed by atoms with Crippen molar-refractivity contribution in [3.8, 4) is 0 Å². The summed E-state index contributed by atoms with van der Waals surface area (Å²) in [6.45, 7) is 3.63. The van der Waals surface area contributed by atoms with Crippen LogP contribution in [0.15, 0.2) is 95.9 Å². The largest absolute Gasteiger partial charge is 0.341 e. The number of hydrogen-bond donors (Lipinski definition) is 2. The number of carbonyl (C=O) groups excluding carboxylic acids is 2. The first-order valence-electron chi connectivity index (χ1n) is 13.2. The van der Waals surface area contributed by atoms with E-state index in [1.165, 1.54) is 16.4 Å². The monoisotopic (exact) mass is 556 g/mol. The molecule has 206 valence electrons. The Balaban J connectivity index is 1.68. The van der Waals surface area contributed by atoms with Crippen molar-refractivity contribution in [2.45, 2.75) is 37.4 Å². The van der Waals surface area contributed by atoms with Crippen LogP contribution in [0.25, 0.3) is 10.8 Å². The summed E-state index contributed by atoms with van der Waals surface area (Å²) in [5, 5.41) is 7.75. The molecule has 8 nitrogen and oxygen atoms in total. The molecule has 1 aliphatic heterocycles. The smallest absolute Gasteiger partial charge is 0.264 e. The molecule has 1 heterocycles. The van der Waals surface area contributed by atoms with Crippen molar-refractivity contribution in [3.05, 3.63) is 102 Å². The van der Waals surface area contributed by atoms with Gasteiger partial charge in [0.1, 0.15) is 6.04 Å². The van der Waals surface area contributed by atoms with Gasteiger partial charge in [-0.3, -0.25) is 13.9 Å². The van der Waals surface area contributed by atoms with Crippen LogP contribution in [0.2, 0.25) is 0 Å². The fourth-order valence-electron chi connectivity index (χ4n) is 5.01. The number of fused-ring (bicyclic) bond motifs is 2. The van der Waals surface area contributed by atoms with Crippen LogP contribution in [0.1, 0.15) is 18.1 Å². The third kappa shape index (κ3) is 5.05. The van der Waals surface area contributed by atoms with Gasteiger partial charge in [0.2, 0.25) is 5.91 Å². The number of amides is 2. The average Bonchev–Trinajstić information content (AvgIpc) is 3.09. The molecule has 1 aliphatic rings. The van der Waals surface area contributed by atoms with E-state index in [0.717, 1.165) is 21.9 Å². The summed E-state index contributed by atoms with van der Waals surface area (Å²) in [7, 11) is -2.42. The zero-order valence-electron chi connectivity index (χ0n) is 22.7. The van der Waals surface area contributed by atoms with Crippen LogP contribution in [0.3, 0.4) is 0 Å². The minimum atomic E-state index is -4.07. The van der Waals surface area contributed by atoms with Crippen LogP contribution < -0.4 is 19.8 Å². The van der Waals surface area contributed by atoms with Gasteiger partial charge in [0.15, 0.2) is 0 Å². The molecule has 0 aliphatic carbocycles. The first-order chi connectivity index (χ1) is 19.2. The lowest BCUT2D eigenvalue weighted by Gasteiger charge is -2.27. The lowest BCUT2D eigenvalue weighted by atomic mass is 9.99. The van der Waals surface area contributed by atoms with E-state index in [2.05, 4.69) is 10.6 Å². The Kier molecular flexibility index (Phi) is 7.60. The Morgan fingerprint density at radius 2 is 1.57 bits per heavy atom. The summed E-state index contributed by atoms with van der Waals surface area (Å²) in [6, 6.07) is 25.4. The SMILES string of the molecule is CN[C@@H](C)C(=O)N[C@H]1CN(S(=O)(=O)c2ccccc2)c2ccccc2N(Cc2c(C)ccc3ccccc23)C1=O. The second-order valence-electron chi connectivity index (χ2n) is 9.92. The van der Waals surface area contributed by atoms with Crippen molar-refractivity contribution in [1.29, 1.82) is 0 Å². The zero-order chi connectivity index (χ0) is 28.4. The Bertz CT molecular complexity index is 1670. The molecule has 5 rings (SSSR count). The maximum atomic E-state index is 14.3. The number of para-hydroxylation sites is 2. The highest BCUT2D eigenvalue weighted by Gasteiger charge is 2.40. The molecule has 2 amide bonds. The van der Waals surface area contributed by atoms with Crippen molar-refractivity contribution in [3.63, 3.8) is 0 Å². The first-order valence-corrected chi connectivity index (χ1v) is 14.6. The van der Waals surface area contributed by atoms with Crippen LogP contribution in [-0.2, 0) is 26.2 Å². The number of likely N-dealkylation sites (N-methyl/N-ethyl adjacent to an activating group) is 1. The number of nitrogens with zero attached hydrogens (tertiary/aromatic N) is 2. The molecule has 0 aromatic heterocycles. The van der Waals surface area contributed by atoms with Gasteiger partial charge in [-0.05, 0) is 67.1 Å². The van der Waals surface area contributed by atoms with E-state index in [4.69, 9.17) is 0 Å². The molecule has 0 bridgehead atoms. The van der Waals surface area contributed by atoms with Gasteiger partial charge in [0.25, 0.3) is 15.9 Å². The van der Waals surface area contributed by atoms with Crippen LogP contribution in [0.5, 0.6) is 0 Å². The number of rotatable bonds is 7. The van der Waals surface area contributed by atoms with Crippen LogP contribution in [0.4, 0.5) is 11.4 Å². The highest BCUT2D eigenvalue weighted by Crippen LogP contribution is 2.38. The summed E-state index contributed by atoms with van der Waals surface area (Å²) in [4.78, 5) is 29.0. The van der Waals surface area contributed by atoms with Crippen LogP contribution in [-0.4, -0.2) is 45.9 Å². The van der Waals surface area contributed by atoms with Crippen molar-refractivity contribution in [1.82, 2.24) is 10.6 Å². The second-order valence-corrected chi connectivity index (χ2v) is 11.8. The van der Waals surface area contributed by atoms with E-state index in [-0.39, 0.29) is 23.9 Å². The molecule has 2 N–H and O–H groups in total. The summed E-state index contributed by atoms with van der Waals surface area (Å²) in [6.07, 6.45) is 0. The summed E-state index contributed by atoms with van der Waals surface area (Å²) in [5.74, 6) is -0.785. The fraction of sp³-hybridized carbons (Fsp3) is 0.226. The van der Waals surface area contributed by atoms with Gasteiger partial charge in [0.05, 0.1) is 35.4 Å². The van der Waals surface area contributed by atoms with Gasteiger partial charge in [-0.1, -0.05) is 66.7 Å². The van der Waals surface area contributed by atoms with Crippen molar-refractivity contribution in [2.75, 3.05) is 22.8 Å². The normalized spacial score (nSPS) is 16.4. The van der Waals surface area contributed by atoms with E-state index in [1.54, 1.807) is 61.3 Å². The Morgan fingerprint density at radius 1 is 0.925 bits per heavy atom. The Morgan fingerprint density at radius 3 is 2.30 bits per heavy atom. The number of anilines is 2. The molecular weight excluding hydrogens is 524 g/mol. The quantitative estimate of drug-likeness (QED) is 0.359. The van der Waals surface area contributed by atoms with E-state index in [1.807, 2.05) is 43.3 Å². The first kappa shape index (κ1) is 27.4. The zero-order valence-corrected chi connectivity index (χ0v) is 23.5.